The van der Waals surface area contributed by atoms with E-state index in [2.05, 4.69) is 83.1 Å². The number of ether oxygens (including phenoxy) is 2. The second-order valence-corrected chi connectivity index (χ2v) is 9.89. The summed E-state index contributed by atoms with van der Waals surface area (Å²) in [5.74, 6) is 1.71. The fourth-order valence-corrected chi connectivity index (χ4v) is 5.54. The number of rotatable bonds is 3. The molecule has 152 valence electrons. The molecule has 0 radical (unpaired) electrons. The van der Waals surface area contributed by atoms with Crippen LogP contribution in [-0.4, -0.2) is 17.8 Å². The standard InChI is InChI=1S/C23H17Br3N2O2/c1-29-17-8-4-13(5-9-17)20-12-21-18-10-16(25)11-19(26)22(18)30-23(28(21)27-20)14-2-6-15(24)7-3-14/h2-11,21,23H,12H2,1H3. The molecule has 5 rings (SSSR count). The monoisotopic (exact) mass is 590 g/mol. The molecule has 0 amide bonds. The number of benzene rings is 3. The van der Waals surface area contributed by atoms with Crippen molar-refractivity contribution in [3.05, 3.63) is 90.8 Å². The van der Waals surface area contributed by atoms with Gasteiger partial charge in [-0.1, -0.05) is 44.0 Å². The summed E-state index contributed by atoms with van der Waals surface area (Å²) >= 11 is 10.8. The van der Waals surface area contributed by atoms with Gasteiger partial charge in [0.1, 0.15) is 11.5 Å². The first-order chi connectivity index (χ1) is 14.5. The molecule has 0 N–H and O–H groups in total. The maximum Gasteiger partial charge on any atom is 0.213 e. The summed E-state index contributed by atoms with van der Waals surface area (Å²) < 4.78 is 14.8. The van der Waals surface area contributed by atoms with Crippen LogP contribution < -0.4 is 9.47 Å². The maximum absolute atomic E-state index is 6.49. The van der Waals surface area contributed by atoms with Crippen LogP contribution in [0.25, 0.3) is 0 Å². The van der Waals surface area contributed by atoms with Crippen molar-refractivity contribution in [2.24, 2.45) is 5.10 Å². The van der Waals surface area contributed by atoms with Crippen LogP contribution in [0.2, 0.25) is 0 Å². The number of nitrogens with zero attached hydrogens (tertiary/aromatic N) is 2. The van der Waals surface area contributed by atoms with Gasteiger partial charge in [-0.15, -0.1) is 0 Å². The number of hydrogen-bond acceptors (Lipinski definition) is 4. The normalized spacial score (nSPS) is 19.6. The topological polar surface area (TPSA) is 34.1 Å². The first-order valence-electron chi connectivity index (χ1n) is 9.45. The highest BCUT2D eigenvalue weighted by Gasteiger charge is 2.41. The fourth-order valence-electron chi connectivity index (χ4n) is 3.92. The Morgan fingerprint density at radius 3 is 2.40 bits per heavy atom. The molecule has 7 heteroatoms. The lowest BCUT2D eigenvalue weighted by Gasteiger charge is -2.38. The molecule has 2 heterocycles. The second kappa shape index (κ2) is 8.02. The third-order valence-electron chi connectivity index (χ3n) is 5.39. The molecule has 0 aromatic heterocycles. The van der Waals surface area contributed by atoms with Gasteiger partial charge in [-0.05, 0) is 70.0 Å². The molecular formula is C23H17Br3N2O2. The van der Waals surface area contributed by atoms with Gasteiger partial charge in [0.05, 0.1) is 23.3 Å². The van der Waals surface area contributed by atoms with E-state index in [0.717, 1.165) is 53.7 Å². The minimum absolute atomic E-state index is 0.0910. The summed E-state index contributed by atoms with van der Waals surface area (Å²) in [6.07, 6.45) is 0.502. The van der Waals surface area contributed by atoms with Gasteiger partial charge in [0.15, 0.2) is 0 Å². The first kappa shape index (κ1) is 20.1. The molecule has 4 nitrogen and oxygen atoms in total. The molecular weight excluding hydrogens is 576 g/mol. The molecule has 2 unspecified atom stereocenters. The minimum Gasteiger partial charge on any atom is -0.497 e. The Morgan fingerprint density at radius 2 is 1.70 bits per heavy atom. The smallest absolute Gasteiger partial charge is 0.213 e. The van der Waals surface area contributed by atoms with Gasteiger partial charge in [-0.25, -0.2) is 5.01 Å². The fraction of sp³-hybridized carbons (Fsp3) is 0.174. The summed E-state index contributed by atoms with van der Waals surface area (Å²) in [7, 11) is 1.68. The highest BCUT2D eigenvalue weighted by Crippen LogP contribution is 2.50. The van der Waals surface area contributed by atoms with E-state index in [-0.39, 0.29) is 12.3 Å². The molecule has 0 bridgehead atoms. The van der Waals surface area contributed by atoms with E-state index in [1.54, 1.807) is 7.11 Å². The van der Waals surface area contributed by atoms with Crippen molar-refractivity contribution in [2.45, 2.75) is 18.7 Å². The van der Waals surface area contributed by atoms with Crippen LogP contribution >= 0.6 is 47.8 Å². The maximum atomic E-state index is 6.49. The predicted molar refractivity (Wildman–Crippen MR) is 128 cm³/mol. The van der Waals surface area contributed by atoms with Gasteiger partial charge in [0.25, 0.3) is 0 Å². The van der Waals surface area contributed by atoms with Crippen LogP contribution in [0.1, 0.15) is 35.4 Å². The zero-order valence-electron chi connectivity index (χ0n) is 16.0. The average Bonchev–Trinajstić information content (AvgIpc) is 3.20. The van der Waals surface area contributed by atoms with E-state index in [1.807, 2.05) is 30.3 Å². The van der Waals surface area contributed by atoms with Gasteiger partial charge in [-0.3, -0.25) is 0 Å². The SMILES string of the molecule is COc1ccc(C2=NN3C(C2)c2cc(Br)cc(Br)c2OC3c2ccc(Br)cc2)cc1. The molecule has 0 saturated carbocycles. The van der Waals surface area contributed by atoms with Crippen LogP contribution in [0.5, 0.6) is 11.5 Å². The van der Waals surface area contributed by atoms with Crippen molar-refractivity contribution < 1.29 is 9.47 Å². The summed E-state index contributed by atoms with van der Waals surface area (Å²) in [6.45, 7) is 0. The molecule has 2 aliphatic heterocycles. The summed E-state index contributed by atoms with van der Waals surface area (Å²) in [6, 6.07) is 20.5. The quantitative estimate of drug-likeness (QED) is 0.322. The molecule has 0 spiro atoms. The van der Waals surface area contributed by atoms with E-state index in [9.17, 15) is 0 Å². The largest absolute Gasteiger partial charge is 0.497 e. The Labute approximate surface area is 200 Å². The molecule has 2 atom stereocenters. The van der Waals surface area contributed by atoms with E-state index < -0.39 is 0 Å². The van der Waals surface area contributed by atoms with Crippen LogP contribution in [0.15, 0.2) is 79.2 Å². The van der Waals surface area contributed by atoms with E-state index in [0.29, 0.717) is 0 Å². The van der Waals surface area contributed by atoms with Crippen LogP contribution in [-0.2, 0) is 0 Å². The van der Waals surface area contributed by atoms with Gasteiger partial charge < -0.3 is 9.47 Å². The Kier molecular flexibility index (Phi) is 5.37. The lowest BCUT2D eigenvalue weighted by Crippen LogP contribution is -2.33. The number of hydrazone groups is 1. The molecule has 3 aromatic rings. The Bertz CT molecular complexity index is 1130. The first-order valence-corrected chi connectivity index (χ1v) is 11.8. The van der Waals surface area contributed by atoms with Crippen LogP contribution in [0.4, 0.5) is 0 Å². The summed E-state index contributed by atoms with van der Waals surface area (Å²) in [5.41, 5.74) is 4.31. The van der Waals surface area contributed by atoms with Crippen molar-refractivity contribution in [1.29, 1.82) is 0 Å². The highest BCUT2D eigenvalue weighted by molar-refractivity contribution is 9.11. The van der Waals surface area contributed by atoms with E-state index in [1.165, 1.54) is 0 Å². The zero-order chi connectivity index (χ0) is 20.8. The van der Waals surface area contributed by atoms with Crippen LogP contribution in [0.3, 0.4) is 0 Å². The van der Waals surface area contributed by atoms with Gasteiger partial charge >= 0.3 is 0 Å². The molecule has 3 aromatic carbocycles. The summed E-state index contributed by atoms with van der Waals surface area (Å²) in [5, 5.41) is 7.10. The van der Waals surface area contributed by atoms with Crippen LogP contribution in [0, 0.1) is 0 Å². The van der Waals surface area contributed by atoms with Crippen molar-refractivity contribution in [3.8, 4) is 11.5 Å². The minimum atomic E-state index is -0.302. The Balaban J connectivity index is 1.60. The van der Waals surface area contributed by atoms with Gasteiger partial charge in [0, 0.05) is 26.5 Å². The number of hydrogen-bond donors (Lipinski definition) is 0. The van der Waals surface area contributed by atoms with Gasteiger partial charge in [0.2, 0.25) is 6.23 Å². The highest BCUT2D eigenvalue weighted by atomic mass is 79.9. The second-order valence-electron chi connectivity index (χ2n) is 7.20. The van der Waals surface area contributed by atoms with E-state index in [4.69, 9.17) is 14.6 Å². The molecule has 0 fully saturated rings. The molecule has 0 saturated heterocycles. The Hall–Kier alpha value is -1.83. The number of fused-ring (bicyclic) bond motifs is 3. The Morgan fingerprint density at radius 1 is 0.967 bits per heavy atom. The van der Waals surface area contributed by atoms with Crippen molar-refractivity contribution in [3.63, 3.8) is 0 Å². The number of methoxy groups -OCH3 is 1. The molecule has 0 aliphatic carbocycles. The van der Waals surface area contributed by atoms with Gasteiger partial charge in [-0.2, -0.15) is 5.10 Å². The zero-order valence-corrected chi connectivity index (χ0v) is 20.7. The van der Waals surface area contributed by atoms with Crippen molar-refractivity contribution in [2.75, 3.05) is 7.11 Å². The third kappa shape index (κ3) is 3.57. The lowest BCUT2D eigenvalue weighted by atomic mass is 9.96. The molecule has 30 heavy (non-hydrogen) atoms. The third-order valence-corrected chi connectivity index (χ3v) is 6.96. The molecule has 2 aliphatic rings. The van der Waals surface area contributed by atoms with Crippen molar-refractivity contribution in [1.82, 2.24) is 5.01 Å². The van der Waals surface area contributed by atoms with Crippen molar-refractivity contribution >= 4 is 53.5 Å². The lowest BCUT2D eigenvalue weighted by molar-refractivity contribution is -0.0197. The summed E-state index contributed by atoms with van der Waals surface area (Å²) in [4.78, 5) is 0. The predicted octanol–water partition coefficient (Wildman–Crippen LogP) is 7.23. The number of halogens is 3. The van der Waals surface area contributed by atoms with E-state index >= 15 is 0 Å². The average molecular weight is 593 g/mol.